The van der Waals surface area contributed by atoms with Gasteiger partial charge in [0.1, 0.15) is 0 Å². The van der Waals surface area contributed by atoms with Crippen LogP contribution in [0.25, 0.3) is 0 Å². The fourth-order valence-corrected chi connectivity index (χ4v) is 4.01. The maximum atomic E-state index is 12.6. The first-order valence-corrected chi connectivity index (χ1v) is 8.05. The predicted octanol–water partition coefficient (Wildman–Crippen LogP) is 1.87. The summed E-state index contributed by atoms with van der Waals surface area (Å²) in [6.45, 7) is 3.28. The van der Waals surface area contributed by atoms with Gasteiger partial charge in [-0.05, 0) is 44.9 Å². The van der Waals surface area contributed by atoms with Gasteiger partial charge >= 0.3 is 5.97 Å². The largest absolute Gasteiger partial charge is 0.465 e. The van der Waals surface area contributed by atoms with Crippen LogP contribution in [-0.2, 0) is 23.8 Å². The third kappa shape index (κ3) is 2.40. The molecule has 5 nitrogen and oxygen atoms in total. The normalized spacial score (nSPS) is 35.3. The predicted molar refractivity (Wildman–Crippen MR) is 74.8 cm³/mol. The van der Waals surface area contributed by atoms with Crippen molar-refractivity contribution in [3.63, 3.8) is 0 Å². The van der Waals surface area contributed by atoms with E-state index in [0.29, 0.717) is 26.2 Å². The third-order valence-electron chi connectivity index (χ3n) is 5.40. The van der Waals surface area contributed by atoms with Gasteiger partial charge in [-0.1, -0.05) is 0 Å². The first-order valence-electron chi connectivity index (χ1n) is 8.05. The Balaban J connectivity index is 1.87. The van der Waals surface area contributed by atoms with Crippen LogP contribution in [0.5, 0.6) is 0 Å². The summed E-state index contributed by atoms with van der Waals surface area (Å²) in [4.78, 5) is 25.2. The number of hydrogen-bond acceptors (Lipinski definition) is 5. The topological polar surface area (TPSA) is 61.8 Å². The van der Waals surface area contributed by atoms with Crippen molar-refractivity contribution < 1.29 is 23.8 Å². The van der Waals surface area contributed by atoms with Crippen molar-refractivity contribution in [2.75, 3.05) is 26.4 Å². The minimum Gasteiger partial charge on any atom is -0.465 e. The van der Waals surface area contributed by atoms with Gasteiger partial charge in [-0.25, -0.2) is 0 Å². The van der Waals surface area contributed by atoms with Crippen molar-refractivity contribution in [1.82, 2.24) is 0 Å². The standard InChI is InChI=1S/C16H24O5/c1-2-20-14(18)16(11-19-8-5-13(16)17)12-4-9-21-15(10-12)6-3-7-15/h12H,2-11H2,1H3. The summed E-state index contributed by atoms with van der Waals surface area (Å²) >= 11 is 0. The van der Waals surface area contributed by atoms with E-state index in [4.69, 9.17) is 14.2 Å². The number of rotatable bonds is 3. The fourth-order valence-electron chi connectivity index (χ4n) is 4.01. The highest BCUT2D eigenvalue weighted by Gasteiger charge is 2.58. The van der Waals surface area contributed by atoms with Crippen LogP contribution in [0.3, 0.4) is 0 Å². The minimum atomic E-state index is -1.10. The van der Waals surface area contributed by atoms with Gasteiger partial charge in [-0.3, -0.25) is 9.59 Å². The van der Waals surface area contributed by atoms with Crippen molar-refractivity contribution in [2.45, 2.75) is 51.0 Å². The van der Waals surface area contributed by atoms with Crippen molar-refractivity contribution in [3.05, 3.63) is 0 Å². The molecule has 0 aromatic heterocycles. The van der Waals surface area contributed by atoms with E-state index in [0.717, 1.165) is 25.7 Å². The van der Waals surface area contributed by atoms with Crippen LogP contribution in [0.15, 0.2) is 0 Å². The fraction of sp³-hybridized carbons (Fsp3) is 0.875. The molecule has 3 fully saturated rings. The Morgan fingerprint density at radius 1 is 1.38 bits per heavy atom. The van der Waals surface area contributed by atoms with Crippen LogP contribution in [0, 0.1) is 11.3 Å². The summed E-state index contributed by atoms with van der Waals surface area (Å²) in [6.07, 6.45) is 5.07. The summed E-state index contributed by atoms with van der Waals surface area (Å²) in [5.74, 6) is -0.414. The molecule has 0 bridgehead atoms. The molecule has 21 heavy (non-hydrogen) atoms. The lowest BCUT2D eigenvalue weighted by Gasteiger charge is -2.51. The lowest BCUT2D eigenvalue weighted by molar-refractivity contribution is -0.194. The van der Waals surface area contributed by atoms with Gasteiger partial charge in [0.2, 0.25) is 0 Å². The molecule has 0 N–H and O–H groups in total. The molecule has 0 radical (unpaired) electrons. The molecular formula is C16H24O5. The number of esters is 1. The van der Waals surface area contributed by atoms with Crippen LogP contribution >= 0.6 is 0 Å². The van der Waals surface area contributed by atoms with E-state index in [1.54, 1.807) is 6.92 Å². The Bertz CT molecular complexity index is 428. The lowest BCUT2D eigenvalue weighted by Crippen LogP contribution is -2.58. The van der Waals surface area contributed by atoms with Crippen LogP contribution in [0.4, 0.5) is 0 Å². The number of carbonyl (C=O) groups excluding carboxylic acids is 2. The van der Waals surface area contributed by atoms with E-state index in [9.17, 15) is 9.59 Å². The van der Waals surface area contributed by atoms with Gasteiger partial charge in [0.15, 0.2) is 11.2 Å². The van der Waals surface area contributed by atoms with E-state index < -0.39 is 11.4 Å². The average molecular weight is 296 g/mol. The maximum Gasteiger partial charge on any atom is 0.322 e. The molecule has 2 unspecified atom stereocenters. The minimum absolute atomic E-state index is 0.00595. The Hall–Kier alpha value is -0.940. The molecular weight excluding hydrogens is 272 g/mol. The molecule has 0 amide bonds. The molecule has 1 spiro atoms. The Morgan fingerprint density at radius 2 is 2.19 bits per heavy atom. The summed E-state index contributed by atoms with van der Waals surface area (Å²) in [5.41, 5.74) is -1.19. The monoisotopic (exact) mass is 296 g/mol. The van der Waals surface area contributed by atoms with Gasteiger partial charge in [-0.15, -0.1) is 0 Å². The molecule has 2 heterocycles. The zero-order valence-corrected chi connectivity index (χ0v) is 12.7. The summed E-state index contributed by atoms with van der Waals surface area (Å²) in [7, 11) is 0. The zero-order valence-electron chi connectivity index (χ0n) is 12.7. The molecule has 2 atom stereocenters. The average Bonchev–Trinajstić information content (AvgIpc) is 2.46. The highest BCUT2D eigenvalue weighted by atomic mass is 16.5. The highest BCUT2D eigenvalue weighted by molar-refractivity contribution is 6.04. The zero-order chi connectivity index (χ0) is 14.9. The van der Waals surface area contributed by atoms with Crippen LogP contribution in [0.2, 0.25) is 0 Å². The number of ketones is 1. The molecule has 0 aromatic carbocycles. The van der Waals surface area contributed by atoms with E-state index in [2.05, 4.69) is 0 Å². The van der Waals surface area contributed by atoms with Crippen molar-refractivity contribution in [1.29, 1.82) is 0 Å². The molecule has 2 saturated heterocycles. The molecule has 0 aromatic rings. The Kier molecular flexibility index (Phi) is 4.06. The van der Waals surface area contributed by atoms with Crippen molar-refractivity contribution in [3.8, 4) is 0 Å². The number of hydrogen-bond donors (Lipinski definition) is 0. The van der Waals surface area contributed by atoms with Gasteiger partial charge < -0.3 is 14.2 Å². The summed E-state index contributed by atoms with van der Waals surface area (Å²) in [5, 5.41) is 0. The summed E-state index contributed by atoms with van der Waals surface area (Å²) in [6, 6.07) is 0. The smallest absolute Gasteiger partial charge is 0.322 e. The van der Waals surface area contributed by atoms with Gasteiger partial charge in [0.25, 0.3) is 0 Å². The molecule has 3 rings (SSSR count). The Morgan fingerprint density at radius 3 is 2.81 bits per heavy atom. The molecule has 1 saturated carbocycles. The van der Waals surface area contributed by atoms with Crippen LogP contribution in [-0.4, -0.2) is 43.8 Å². The number of Topliss-reactive ketones (excluding diaryl/α,β-unsaturated/α-hetero) is 1. The van der Waals surface area contributed by atoms with E-state index in [1.807, 2.05) is 0 Å². The van der Waals surface area contributed by atoms with E-state index >= 15 is 0 Å². The maximum absolute atomic E-state index is 12.6. The second-order valence-electron chi connectivity index (χ2n) is 6.49. The molecule has 5 heteroatoms. The second kappa shape index (κ2) is 5.69. The molecule has 1 aliphatic carbocycles. The number of carbonyl (C=O) groups is 2. The summed E-state index contributed by atoms with van der Waals surface area (Å²) < 4.78 is 16.7. The molecule has 118 valence electrons. The molecule has 3 aliphatic rings. The van der Waals surface area contributed by atoms with Crippen molar-refractivity contribution in [2.24, 2.45) is 11.3 Å². The van der Waals surface area contributed by atoms with E-state index in [1.165, 1.54) is 6.42 Å². The van der Waals surface area contributed by atoms with Crippen LogP contribution < -0.4 is 0 Å². The van der Waals surface area contributed by atoms with Gasteiger partial charge in [0.05, 0.1) is 25.4 Å². The Labute approximate surface area is 125 Å². The van der Waals surface area contributed by atoms with Crippen LogP contribution in [0.1, 0.15) is 45.4 Å². The lowest BCUT2D eigenvalue weighted by atomic mass is 9.61. The molecule has 2 aliphatic heterocycles. The first-order chi connectivity index (χ1) is 10.1. The SMILES string of the molecule is CCOC(=O)C1(C2CCOC3(CCC3)C2)COCCC1=O. The number of ether oxygens (including phenoxy) is 3. The first kappa shape index (κ1) is 15.0. The van der Waals surface area contributed by atoms with Crippen molar-refractivity contribution >= 4 is 11.8 Å². The second-order valence-corrected chi connectivity index (χ2v) is 6.49. The van der Waals surface area contributed by atoms with Gasteiger partial charge in [0, 0.05) is 13.0 Å². The van der Waals surface area contributed by atoms with E-state index in [-0.39, 0.29) is 23.9 Å². The quantitative estimate of drug-likeness (QED) is 0.588. The highest BCUT2D eigenvalue weighted by Crippen LogP contribution is 2.50. The third-order valence-corrected chi connectivity index (χ3v) is 5.40. The van der Waals surface area contributed by atoms with Gasteiger partial charge in [-0.2, -0.15) is 0 Å².